The van der Waals surface area contributed by atoms with Crippen LogP contribution in [0.4, 0.5) is 13.2 Å². The average Bonchev–Trinajstić information content (AvgIpc) is 1.86. The van der Waals surface area contributed by atoms with Crippen molar-refractivity contribution in [1.29, 1.82) is 0 Å². The fourth-order valence-corrected chi connectivity index (χ4v) is 0.523. The van der Waals surface area contributed by atoms with Gasteiger partial charge in [-0.15, -0.1) is 0 Å². The van der Waals surface area contributed by atoms with E-state index >= 15 is 0 Å². The molecule has 0 N–H and O–H groups in total. The predicted molar refractivity (Wildman–Crippen MR) is 28.2 cm³/mol. The maximum atomic E-state index is 11.8. The molecular weight excluding hydrogens is 161 g/mol. The minimum absolute atomic E-state index is 0.0514. The Morgan fingerprint density at radius 1 is 1.45 bits per heavy atom. The highest BCUT2D eigenvalue weighted by Crippen LogP contribution is 2.25. The number of halogens is 3. The molecule has 0 aliphatic carbocycles. The van der Waals surface area contributed by atoms with Crippen molar-refractivity contribution in [3.05, 3.63) is 29.5 Å². The van der Waals surface area contributed by atoms with Gasteiger partial charge in [-0.1, -0.05) is 0 Å². The fourth-order valence-electron chi connectivity index (χ4n) is 0.523. The van der Waals surface area contributed by atoms with Crippen molar-refractivity contribution in [2.45, 2.75) is 6.18 Å². The summed E-state index contributed by atoms with van der Waals surface area (Å²) < 4.78 is 35.3. The van der Waals surface area contributed by atoms with E-state index in [1.165, 1.54) is 0 Å². The molecule has 60 valence electrons. The van der Waals surface area contributed by atoms with Gasteiger partial charge in [0.1, 0.15) is 0 Å². The number of hydrogen-bond donors (Lipinski definition) is 0. The normalized spacial score (nSPS) is 11.5. The van der Waals surface area contributed by atoms with Gasteiger partial charge in [-0.05, 0) is 0 Å². The SMILES string of the molecule is [O-][n+]1ccnc(C(F)(F)F)c1. The van der Waals surface area contributed by atoms with Crippen LogP contribution in [-0.2, 0) is 6.18 Å². The Balaban J connectivity index is 3.06. The zero-order valence-corrected chi connectivity index (χ0v) is 5.17. The Morgan fingerprint density at radius 2 is 2.09 bits per heavy atom. The molecule has 0 spiro atoms. The van der Waals surface area contributed by atoms with E-state index in [1.54, 1.807) is 0 Å². The number of alkyl halides is 3. The topological polar surface area (TPSA) is 39.8 Å². The van der Waals surface area contributed by atoms with Crippen LogP contribution in [0.2, 0.25) is 0 Å². The van der Waals surface area contributed by atoms with E-state index in [-0.39, 0.29) is 4.73 Å². The third-order valence-corrected chi connectivity index (χ3v) is 0.967. The molecule has 1 aromatic heterocycles. The van der Waals surface area contributed by atoms with Gasteiger partial charge in [0, 0.05) is 0 Å². The van der Waals surface area contributed by atoms with Gasteiger partial charge in [0.25, 0.3) is 0 Å². The van der Waals surface area contributed by atoms with Crippen LogP contribution in [0.1, 0.15) is 5.69 Å². The summed E-state index contributed by atoms with van der Waals surface area (Å²) in [4.78, 5) is 2.96. The molecule has 3 nitrogen and oxygen atoms in total. The van der Waals surface area contributed by atoms with E-state index in [1.807, 2.05) is 0 Å². The third kappa shape index (κ3) is 1.79. The molecule has 0 bridgehead atoms. The maximum absolute atomic E-state index is 11.8. The molecule has 0 aliphatic rings. The summed E-state index contributed by atoms with van der Waals surface area (Å²) in [6, 6.07) is 0. The third-order valence-electron chi connectivity index (χ3n) is 0.967. The van der Waals surface area contributed by atoms with E-state index in [4.69, 9.17) is 0 Å². The lowest BCUT2D eigenvalue weighted by molar-refractivity contribution is -0.607. The Kier molecular flexibility index (Phi) is 1.67. The molecule has 6 heteroatoms. The molecule has 11 heavy (non-hydrogen) atoms. The van der Waals surface area contributed by atoms with Gasteiger partial charge >= 0.3 is 6.18 Å². The molecule has 0 saturated carbocycles. The van der Waals surface area contributed by atoms with Crippen molar-refractivity contribution < 1.29 is 17.9 Å². The van der Waals surface area contributed by atoms with Gasteiger partial charge in [0.2, 0.25) is 11.9 Å². The summed E-state index contributed by atoms with van der Waals surface area (Å²) >= 11 is 0. The van der Waals surface area contributed by atoms with E-state index < -0.39 is 11.9 Å². The zero-order chi connectivity index (χ0) is 8.48. The number of hydrogen-bond acceptors (Lipinski definition) is 2. The van der Waals surface area contributed by atoms with Gasteiger partial charge in [0.05, 0.1) is 6.20 Å². The van der Waals surface area contributed by atoms with Crippen LogP contribution in [-0.4, -0.2) is 4.98 Å². The molecule has 1 heterocycles. The number of nitrogens with zero attached hydrogens (tertiary/aromatic N) is 2. The molecule has 1 aromatic rings. The van der Waals surface area contributed by atoms with Crippen molar-refractivity contribution in [3.63, 3.8) is 0 Å². The minimum atomic E-state index is -4.55. The molecular formula is C5H3F3N2O. The van der Waals surface area contributed by atoms with Gasteiger partial charge in [-0.3, -0.25) is 0 Å². The van der Waals surface area contributed by atoms with Crippen LogP contribution in [0.3, 0.4) is 0 Å². The summed E-state index contributed by atoms with van der Waals surface area (Å²) in [7, 11) is 0. The average molecular weight is 164 g/mol. The number of rotatable bonds is 0. The van der Waals surface area contributed by atoms with Crippen molar-refractivity contribution in [3.8, 4) is 0 Å². The first-order valence-corrected chi connectivity index (χ1v) is 2.62. The van der Waals surface area contributed by atoms with Crippen molar-refractivity contribution in [2.24, 2.45) is 0 Å². The van der Waals surface area contributed by atoms with Crippen LogP contribution in [0, 0.1) is 5.21 Å². The second kappa shape index (κ2) is 2.37. The maximum Gasteiger partial charge on any atom is 0.439 e. The van der Waals surface area contributed by atoms with Crippen LogP contribution in [0.5, 0.6) is 0 Å². The monoisotopic (exact) mass is 164 g/mol. The Hall–Kier alpha value is -1.33. The van der Waals surface area contributed by atoms with Gasteiger partial charge < -0.3 is 5.21 Å². The van der Waals surface area contributed by atoms with Crippen LogP contribution in [0.25, 0.3) is 0 Å². The molecule has 0 fully saturated rings. The van der Waals surface area contributed by atoms with E-state index in [0.717, 1.165) is 12.4 Å². The van der Waals surface area contributed by atoms with Gasteiger partial charge in [0.15, 0.2) is 6.20 Å². The summed E-state index contributed by atoms with van der Waals surface area (Å²) in [6.07, 6.45) is -2.49. The largest absolute Gasteiger partial charge is 0.619 e. The van der Waals surface area contributed by atoms with E-state index in [0.29, 0.717) is 6.20 Å². The standard InChI is InChI=1S/C5H3F3N2O/c6-5(7,8)4-3-10(11)2-1-9-4/h1-3H. The first kappa shape index (κ1) is 7.77. The quantitative estimate of drug-likeness (QED) is 0.419. The molecule has 0 atom stereocenters. The lowest BCUT2D eigenvalue weighted by Gasteiger charge is -2.02. The smallest absolute Gasteiger partial charge is 0.439 e. The van der Waals surface area contributed by atoms with Gasteiger partial charge in [-0.2, -0.15) is 17.9 Å². The molecule has 1 rings (SSSR count). The summed E-state index contributed by atoms with van der Waals surface area (Å²) in [5.41, 5.74) is -1.19. The highest BCUT2D eigenvalue weighted by Gasteiger charge is 2.34. The van der Waals surface area contributed by atoms with Crippen LogP contribution >= 0.6 is 0 Å². The molecule has 0 aromatic carbocycles. The Labute approximate surface area is 59.7 Å². The van der Waals surface area contributed by atoms with Crippen LogP contribution in [0.15, 0.2) is 18.6 Å². The van der Waals surface area contributed by atoms with Gasteiger partial charge in [-0.25, -0.2) is 4.98 Å². The molecule has 0 radical (unpaired) electrons. The van der Waals surface area contributed by atoms with E-state index in [2.05, 4.69) is 4.98 Å². The van der Waals surface area contributed by atoms with Crippen LogP contribution < -0.4 is 4.73 Å². The number of aromatic nitrogens is 2. The molecule has 0 saturated heterocycles. The lowest BCUT2D eigenvalue weighted by Crippen LogP contribution is -2.27. The zero-order valence-electron chi connectivity index (χ0n) is 5.17. The van der Waals surface area contributed by atoms with Crippen molar-refractivity contribution in [2.75, 3.05) is 0 Å². The van der Waals surface area contributed by atoms with Crippen molar-refractivity contribution in [1.82, 2.24) is 4.98 Å². The van der Waals surface area contributed by atoms with E-state index in [9.17, 15) is 18.4 Å². The lowest BCUT2D eigenvalue weighted by atomic mass is 10.4. The second-order valence-electron chi connectivity index (χ2n) is 1.80. The highest BCUT2D eigenvalue weighted by molar-refractivity contribution is 4.95. The fraction of sp³-hybridized carbons (Fsp3) is 0.200. The second-order valence-corrected chi connectivity index (χ2v) is 1.80. The summed E-state index contributed by atoms with van der Waals surface area (Å²) in [5, 5.41) is 10.3. The first-order valence-electron chi connectivity index (χ1n) is 2.62. The Morgan fingerprint density at radius 3 is 2.45 bits per heavy atom. The minimum Gasteiger partial charge on any atom is -0.619 e. The molecule has 0 unspecified atom stereocenters. The molecule has 0 amide bonds. The molecule has 0 aliphatic heterocycles. The highest BCUT2D eigenvalue weighted by atomic mass is 19.4. The van der Waals surface area contributed by atoms with Crippen molar-refractivity contribution >= 4 is 0 Å². The predicted octanol–water partition coefficient (Wildman–Crippen LogP) is 0.734. The first-order chi connectivity index (χ1) is 5.00. The summed E-state index contributed by atoms with van der Waals surface area (Å²) in [5.74, 6) is 0. The Bertz CT molecular complexity index is 260. The summed E-state index contributed by atoms with van der Waals surface area (Å²) in [6.45, 7) is 0.